The van der Waals surface area contributed by atoms with E-state index in [2.05, 4.69) is 10.5 Å². The molecule has 1 aromatic carbocycles. The van der Waals surface area contributed by atoms with Gasteiger partial charge in [-0.05, 0) is 37.5 Å². The molecule has 8 heteroatoms. The van der Waals surface area contributed by atoms with Crippen molar-refractivity contribution in [3.8, 4) is 0 Å². The maximum Gasteiger partial charge on any atom is 0.246 e. The van der Waals surface area contributed by atoms with Gasteiger partial charge in [-0.1, -0.05) is 40.5 Å². The second-order valence-electron chi connectivity index (χ2n) is 6.39. The Morgan fingerprint density at radius 1 is 1.30 bits per heavy atom. The molecule has 1 fully saturated rings. The third-order valence-electron chi connectivity index (χ3n) is 4.44. The first-order chi connectivity index (χ1) is 12.9. The van der Waals surface area contributed by atoms with Gasteiger partial charge in [-0.2, -0.15) is 0 Å². The average Bonchev–Trinajstić information content (AvgIpc) is 3.07. The van der Waals surface area contributed by atoms with Gasteiger partial charge in [0.2, 0.25) is 11.8 Å². The predicted octanol–water partition coefficient (Wildman–Crippen LogP) is 4.18. The number of nitrogens with one attached hydrogen (secondary N) is 1. The lowest BCUT2D eigenvalue weighted by Gasteiger charge is -2.30. The van der Waals surface area contributed by atoms with E-state index in [-0.39, 0.29) is 17.7 Å². The van der Waals surface area contributed by atoms with Gasteiger partial charge in [-0.3, -0.25) is 9.59 Å². The summed E-state index contributed by atoms with van der Waals surface area (Å²) in [6.07, 6.45) is 4.33. The molecular weight excluding hydrogens is 389 g/mol. The number of hydrogen-bond donors (Lipinski definition) is 1. The summed E-state index contributed by atoms with van der Waals surface area (Å²) in [6, 6.07) is 6.93. The smallest absolute Gasteiger partial charge is 0.246 e. The molecule has 3 rings (SSSR count). The molecule has 0 saturated carbocycles. The second kappa shape index (κ2) is 8.59. The highest BCUT2D eigenvalue weighted by molar-refractivity contribution is 6.42. The van der Waals surface area contributed by atoms with Crippen molar-refractivity contribution in [3.63, 3.8) is 0 Å². The van der Waals surface area contributed by atoms with Gasteiger partial charge in [0.15, 0.2) is 5.82 Å². The molecular formula is C19H19Cl2N3O3. The summed E-state index contributed by atoms with van der Waals surface area (Å²) in [5, 5.41) is 7.37. The highest BCUT2D eigenvalue weighted by atomic mass is 35.5. The lowest BCUT2D eigenvalue weighted by Crippen LogP contribution is -2.40. The molecule has 0 atom stereocenters. The van der Waals surface area contributed by atoms with Gasteiger partial charge in [0.1, 0.15) is 5.76 Å². The second-order valence-corrected chi connectivity index (χ2v) is 7.17. The number of aromatic nitrogens is 1. The first-order valence-electron chi connectivity index (χ1n) is 8.59. The Labute approximate surface area is 167 Å². The molecule has 6 nitrogen and oxygen atoms in total. The number of carbonyl (C=O) groups is 2. The standard InChI is InChI=1S/C19H19Cl2N3O3/c1-12-11-16(23-27-12)22-19(26)14-7-9-24(10-8-14)17(25)6-5-13-3-2-4-15(20)18(13)21/h2-6,11,14H,7-10H2,1H3,(H,22,23,26)/b6-5+. The van der Waals surface area contributed by atoms with Crippen molar-refractivity contribution in [1.82, 2.24) is 10.1 Å². The van der Waals surface area contributed by atoms with Gasteiger partial charge in [0.05, 0.1) is 10.0 Å². The van der Waals surface area contributed by atoms with Crippen molar-refractivity contribution < 1.29 is 14.1 Å². The number of likely N-dealkylation sites (tertiary alicyclic amines) is 1. The molecule has 0 radical (unpaired) electrons. The van der Waals surface area contributed by atoms with Crippen LogP contribution in [0.4, 0.5) is 5.82 Å². The van der Waals surface area contributed by atoms with Crippen LogP contribution in [-0.4, -0.2) is 35.0 Å². The first-order valence-corrected chi connectivity index (χ1v) is 9.35. The van der Waals surface area contributed by atoms with Gasteiger partial charge in [-0.25, -0.2) is 0 Å². The van der Waals surface area contributed by atoms with Crippen molar-refractivity contribution in [2.45, 2.75) is 19.8 Å². The number of rotatable bonds is 4. The van der Waals surface area contributed by atoms with Crippen molar-refractivity contribution in [1.29, 1.82) is 0 Å². The Balaban J connectivity index is 1.52. The highest BCUT2D eigenvalue weighted by Crippen LogP contribution is 2.26. The van der Waals surface area contributed by atoms with Gasteiger partial charge >= 0.3 is 0 Å². The van der Waals surface area contributed by atoms with Gasteiger partial charge in [0, 0.05) is 31.1 Å². The van der Waals surface area contributed by atoms with E-state index in [1.165, 1.54) is 6.08 Å². The zero-order valence-corrected chi connectivity index (χ0v) is 16.3. The number of nitrogens with zero attached hydrogens (tertiary/aromatic N) is 2. The van der Waals surface area contributed by atoms with Crippen LogP contribution in [0.3, 0.4) is 0 Å². The Morgan fingerprint density at radius 2 is 2.04 bits per heavy atom. The summed E-state index contributed by atoms with van der Waals surface area (Å²) < 4.78 is 4.94. The van der Waals surface area contributed by atoms with Crippen LogP contribution in [0.2, 0.25) is 10.0 Å². The highest BCUT2D eigenvalue weighted by Gasteiger charge is 2.27. The van der Waals surface area contributed by atoms with Crippen LogP contribution in [0.15, 0.2) is 34.9 Å². The molecule has 142 valence electrons. The average molecular weight is 408 g/mol. The molecule has 27 heavy (non-hydrogen) atoms. The number of amides is 2. The molecule has 1 N–H and O–H groups in total. The predicted molar refractivity (Wildman–Crippen MR) is 105 cm³/mol. The zero-order valence-electron chi connectivity index (χ0n) is 14.7. The number of carbonyl (C=O) groups excluding carboxylic acids is 2. The van der Waals surface area contributed by atoms with Crippen molar-refractivity contribution in [3.05, 3.63) is 51.7 Å². The topological polar surface area (TPSA) is 75.4 Å². The lowest BCUT2D eigenvalue weighted by molar-refractivity contribution is -0.130. The molecule has 1 aromatic heterocycles. The number of benzene rings is 1. The third kappa shape index (κ3) is 4.90. The molecule has 1 aliphatic rings. The van der Waals surface area contributed by atoms with Crippen LogP contribution in [0.1, 0.15) is 24.2 Å². The number of halogens is 2. The van der Waals surface area contributed by atoms with Crippen molar-refractivity contribution in [2.75, 3.05) is 18.4 Å². The Hall–Kier alpha value is -2.31. The summed E-state index contributed by atoms with van der Waals surface area (Å²) in [4.78, 5) is 26.4. The van der Waals surface area contributed by atoms with Crippen LogP contribution < -0.4 is 5.32 Å². The van der Waals surface area contributed by atoms with E-state index in [1.807, 2.05) is 0 Å². The Morgan fingerprint density at radius 3 is 2.70 bits per heavy atom. The van der Waals surface area contributed by atoms with E-state index in [0.717, 1.165) is 0 Å². The Bertz CT molecular complexity index is 871. The first kappa shape index (κ1) is 19.5. The van der Waals surface area contributed by atoms with Crippen LogP contribution >= 0.6 is 23.2 Å². The summed E-state index contributed by atoms with van der Waals surface area (Å²) in [5.74, 6) is 0.681. The van der Waals surface area contributed by atoms with Crippen LogP contribution in [-0.2, 0) is 9.59 Å². The van der Waals surface area contributed by atoms with E-state index in [0.29, 0.717) is 53.1 Å². The van der Waals surface area contributed by atoms with Crippen molar-refractivity contribution in [2.24, 2.45) is 5.92 Å². The van der Waals surface area contributed by atoms with E-state index < -0.39 is 0 Å². The summed E-state index contributed by atoms with van der Waals surface area (Å²) in [5.41, 5.74) is 0.690. The Kier molecular flexibility index (Phi) is 6.19. The monoisotopic (exact) mass is 407 g/mol. The summed E-state index contributed by atoms with van der Waals surface area (Å²) in [7, 11) is 0. The summed E-state index contributed by atoms with van der Waals surface area (Å²) >= 11 is 12.1. The van der Waals surface area contributed by atoms with Crippen LogP contribution in [0, 0.1) is 12.8 Å². The van der Waals surface area contributed by atoms with Crippen LogP contribution in [0.5, 0.6) is 0 Å². The molecule has 2 aromatic rings. The van der Waals surface area contributed by atoms with Gasteiger partial charge < -0.3 is 14.7 Å². The summed E-state index contributed by atoms with van der Waals surface area (Å²) in [6.45, 7) is 2.79. The molecule has 0 aliphatic carbocycles. The largest absolute Gasteiger partial charge is 0.360 e. The zero-order chi connectivity index (χ0) is 19.4. The van der Waals surface area contributed by atoms with E-state index in [4.69, 9.17) is 27.7 Å². The normalized spacial score (nSPS) is 15.3. The van der Waals surface area contributed by atoms with E-state index in [1.54, 1.807) is 42.2 Å². The maximum absolute atomic E-state index is 12.4. The molecule has 0 bridgehead atoms. The quantitative estimate of drug-likeness (QED) is 0.771. The minimum atomic E-state index is -0.155. The number of anilines is 1. The van der Waals surface area contributed by atoms with E-state index in [9.17, 15) is 9.59 Å². The SMILES string of the molecule is Cc1cc(NC(=O)C2CCN(C(=O)/C=C/c3cccc(Cl)c3Cl)CC2)no1. The number of hydrogen-bond acceptors (Lipinski definition) is 4. The lowest BCUT2D eigenvalue weighted by atomic mass is 9.96. The fourth-order valence-corrected chi connectivity index (χ4v) is 3.30. The fourth-order valence-electron chi connectivity index (χ4n) is 2.93. The minimum Gasteiger partial charge on any atom is -0.360 e. The number of piperidine rings is 1. The molecule has 0 spiro atoms. The van der Waals surface area contributed by atoms with Gasteiger partial charge in [0.25, 0.3) is 0 Å². The molecule has 0 unspecified atom stereocenters. The molecule has 2 amide bonds. The molecule has 1 aliphatic heterocycles. The fraction of sp³-hybridized carbons (Fsp3) is 0.316. The third-order valence-corrected chi connectivity index (χ3v) is 5.28. The molecule has 2 heterocycles. The molecule has 1 saturated heterocycles. The minimum absolute atomic E-state index is 0.100. The number of aryl methyl sites for hydroxylation is 1. The maximum atomic E-state index is 12.4. The van der Waals surface area contributed by atoms with Crippen molar-refractivity contribution >= 4 is 46.9 Å². The van der Waals surface area contributed by atoms with Crippen LogP contribution in [0.25, 0.3) is 6.08 Å². The van der Waals surface area contributed by atoms with E-state index >= 15 is 0 Å². The van der Waals surface area contributed by atoms with Gasteiger partial charge in [-0.15, -0.1) is 0 Å².